The molecule has 118 valence electrons. The van der Waals surface area contributed by atoms with E-state index < -0.39 is 5.69 Å². The van der Waals surface area contributed by atoms with Crippen LogP contribution in [0.1, 0.15) is 58.6 Å². The Labute approximate surface area is 129 Å². The van der Waals surface area contributed by atoms with E-state index >= 15 is 0 Å². The first-order valence-corrected chi connectivity index (χ1v) is 7.75. The van der Waals surface area contributed by atoms with E-state index in [9.17, 15) is 9.59 Å². The van der Waals surface area contributed by atoms with Crippen molar-refractivity contribution in [3.8, 4) is 0 Å². The van der Waals surface area contributed by atoms with Gasteiger partial charge in [0.05, 0.1) is 17.7 Å². The number of rotatable bonds is 4. The van der Waals surface area contributed by atoms with Gasteiger partial charge in [-0.2, -0.15) is 0 Å². The van der Waals surface area contributed by atoms with Crippen molar-refractivity contribution < 1.29 is 4.74 Å². The van der Waals surface area contributed by atoms with E-state index in [1.165, 1.54) is 4.57 Å². The number of ether oxygens (including phenoxy) is 1. The average Bonchev–Trinajstić information content (AvgIpc) is 2.35. The number of aromatic amines is 1. The fourth-order valence-corrected chi connectivity index (χ4v) is 3.49. The fourth-order valence-electron chi connectivity index (χ4n) is 3.11. The van der Waals surface area contributed by atoms with Gasteiger partial charge in [0, 0.05) is 12.0 Å². The zero-order valence-corrected chi connectivity index (χ0v) is 14.0. The summed E-state index contributed by atoms with van der Waals surface area (Å²) in [4.78, 5) is 27.5. The van der Waals surface area contributed by atoms with Crippen LogP contribution in [-0.4, -0.2) is 22.3 Å². The smallest absolute Gasteiger partial charge is 0.329 e. The number of halogens is 1. The lowest BCUT2D eigenvalue weighted by Crippen LogP contribution is -2.57. The van der Waals surface area contributed by atoms with Crippen LogP contribution in [0, 0.1) is 5.41 Å². The summed E-state index contributed by atoms with van der Waals surface area (Å²) in [5.41, 5.74) is -0.518. The molecule has 1 heterocycles. The number of H-pyrrole nitrogens is 1. The van der Waals surface area contributed by atoms with Gasteiger partial charge in [-0.3, -0.25) is 14.3 Å². The molecule has 2 rings (SSSR count). The first kappa shape index (κ1) is 16.3. The van der Waals surface area contributed by atoms with Crippen LogP contribution in [-0.2, 0) is 4.74 Å². The van der Waals surface area contributed by atoms with Gasteiger partial charge in [0.1, 0.15) is 5.15 Å². The van der Waals surface area contributed by atoms with Crippen molar-refractivity contribution in [2.75, 3.05) is 6.61 Å². The maximum absolute atomic E-state index is 12.7. The standard InChI is InChI=1S/C15H23ClN2O3/c1-6-21-10-7-9(15(10,4)5)18-13(19)11(8(2)3)12(16)17-14(18)20/h8-10H,6-7H2,1-5H3,(H,17,20). The lowest BCUT2D eigenvalue weighted by Gasteiger charge is -2.51. The van der Waals surface area contributed by atoms with Crippen molar-refractivity contribution >= 4 is 11.6 Å². The SMILES string of the molecule is CCOC1CC(n2c(=O)[nH]c(Cl)c(C(C)C)c2=O)C1(C)C. The molecule has 2 unspecified atom stereocenters. The van der Waals surface area contributed by atoms with Crippen LogP contribution in [0.15, 0.2) is 9.59 Å². The van der Waals surface area contributed by atoms with Crippen LogP contribution >= 0.6 is 11.6 Å². The molecule has 0 aromatic carbocycles. The van der Waals surface area contributed by atoms with Gasteiger partial charge < -0.3 is 4.74 Å². The number of nitrogens with one attached hydrogen (secondary N) is 1. The molecule has 1 aromatic rings. The first-order chi connectivity index (χ1) is 9.71. The number of hydrogen-bond donors (Lipinski definition) is 1. The number of hydrogen-bond acceptors (Lipinski definition) is 3. The highest BCUT2D eigenvalue weighted by Gasteiger charge is 2.51. The number of aromatic nitrogens is 2. The van der Waals surface area contributed by atoms with Crippen LogP contribution in [0.3, 0.4) is 0 Å². The average molecular weight is 315 g/mol. The Morgan fingerprint density at radius 3 is 2.52 bits per heavy atom. The molecule has 1 fully saturated rings. The second-order valence-electron chi connectivity index (χ2n) is 6.50. The summed E-state index contributed by atoms with van der Waals surface area (Å²) >= 11 is 6.02. The van der Waals surface area contributed by atoms with Gasteiger partial charge in [0.15, 0.2) is 0 Å². The highest BCUT2D eigenvalue weighted by molar-refractivity contribution is 6.30. The van der Waals surface area contributed by atoms with Crippen LogP contribution in [0.25, 0.3) is 0 Å². The minimum absolute atomic E-state index is 0.0426. The monoisotopic (exact) mass is 314 g/mol. The Bertz CT molecular complexity index is 645. The first-order valence-electron chi connectivity index (χ1n) is 7.37. The molecule has 1 aliphatic carbocycles. The molecular weight excluding hydrogens is 292 g/mol. The Balaban J connectivity index is 2.50. The molecule has 1 aliphatic rings. The highest BCUT2D eigenvalue weighted by Crippen LogP contribution is 2.50. The van der Waals surface area contributed by atoms with Crippen LogP contribution in [0.2, 0.25) is 5.15 Å². The van der Waals surface area contributed by atoms with Crippen molar-refractivity contribution in [3.05, 3.63) is 31.6 Å². The summed E-state index contributed by atoms with van der Waals surface area (Å²) in [6.45, 7) is 10.4. The summed E-state index contributed by atoms with van der Waals surface area (Å²) < 4.78 is 6.99. The lowest BCUT2D eigenvalue weighted by molar-refractivity contribution is -0.129. The predicted molar refractivity (Wildman–Crippen MR) is 83.3 cm³/mol. The minimum atomic E-state index is -0.442. The Morgan fingerprint density at radius 2 is 2.05 bits per heavy atom. The van der Waals surface area contributed by atoms with Gasteiger partial charge in [0.2, 0.25) is 0 Å². The van der Waals surface area contributed by atoms with Crippen LogP contribution in [0.5, 0.6) is 0 Å². The largest absolute Gasteiger partial charge is 0.378 e. The lowest BCUT2D eigenvalue weighted by atomic mass is 9.64. The molecule has 0 spiro atoms. The molecule has 2 atom stereocenters. The third-order valence-corrected chi connectivity index (χ3v) is 4.80. The van der Waals surface area contributed by atoms with Crippen molar-refractivity contribution in [1.29, 1.82) is 0 Å². The molecule has 6 heteroatoms. The third-order valence-electron chi connectivity index (χ3n) is 4.50. The summed E-state index contributed by atoms with van der Waals surface area (Å²) in [5, 5.41) is 0.148. The molecule has 0 amide bonds. The molecule has 0 bridgehead atoms. The quantitative estimate of drug-likeness (QED) is 0.869. The van der Waals surface area contributed by atoms with Gasteiger partial charge in [-0.05, 0) is 19.3 Å². The van der Waals surface area contributed by atoms with E-state index in [4.69, 9.17) is 16.3 Å². The molecule has 21 heavy (non-hydrogen) atoms. The molecule has 0 saturated heterocycles. The Morgan fingerprint density at radius 1 is 1.43 bits per heavy atom. The van der Waals surface area contributed by atoms with Crippen molar-refractivity contribution in [1.82, 2.24) is 9.55 Å². The summed E-state index contributed by atoms with van der Waals surface area (Å²) in [7, 11) is 0. The van der Waals surface area contributed by atoms with Gasteiger partial charge >= 0.3 is 5.69 Å². The summed E-state index contributed by atoms with van der Waals surface area (Å²) in [6, 6.07) is -0.167. The van der Waals surface area contributed by atoms with Crippen molar-refractivity contribution in [3.63, 3.8) is 0 Å². The topological polar surface area (TPSA) is 64.1 Å². The van der Waals surface area contributed by atoms with Gasteiger partial charge in [-0.15, -0.1) is 0 Å². The van der Waals surface area contributed by atoms with E-state index in [1.54, 1.807) is 0 Å². The zero-order valence-electron chi connectivity index (χ0n) is 13.2. The van der Waals surface area contributed by atoms with Crippen molar-refractivity contribution in [2.45, 2.75) is 59.1 Å². The molecule has 0 aliphatic heterocycles. The predicted octanol–water partition coefficient (Wildman–Crippen LogP) is 2.69. The van der Waals surface area contributed by atoms with E-state index in [-0.39, 0.29) is 34.2 Å². The molecule has 5 nitrogen and oxygen atoms in total. The second-order valence-corrected chi connectivity index (χ2v) is 6.88. The molecule has 1 saturated carbocycles. The van der Waals surface area contributed by atoms with Crippen LogP contribution < -0.4 is 11.2 Å². The number of nitrogens with zero attached hydrogens (tertiary/aromatic N) is 1. The van der Waals surface area contributed by atoms with Crippen LogP contribution in [0.4, 0.5) is 0 Å². The third kappa shape index (κ3) is 2.57. The van der Waals surface area contributed by atoms with E-state index in [0.717, 1.165) is 0 Å². The van der Waals surface area contributed by atoms with E-state index in [2.05, 4.69) is 4.98 Å². The zero-order chi connectivity index (χ0) is 15.9. The maximum Gasteiger partial charge on any atom is 0.329 e. The highest BCUT2D eigenvalue weighted by atomic mass is 35.5. The Hall–Kier alpha value is -1.07. The minimum Gasteiger partial charge on any atom is -0.378 e. The van der Waals surface area contributed by atoms with Gasteiger partial charge in [0.25, 0.3) is 5.56 Å². The Kier molecular flexibility index (Phi) is 4.36. The van der Waals surface area contributed by atoms with Gasteiger partial charge in [-0.1, -0.05) is 39.3 Å². The molecule has 1 N–H and O–H groups in total. The second kappa shape index (κ2) is 5.61. The fraction of sp³-hybridized carbons (Fsp3) is 0.733. The van der Waals surface area contributed by atoms with E-state index in [1.807, 2.05) is 34.6 Å². The van der Waals surface area contributed by atoms with Gasteiger partial charge in [-0.25, -0.2) is 4.79 Å². The molecule has 0 radical (unpaired) electrons. The maximum atomic E-state index is 12.7. The van der Waals surface area contributed by atoms with Crippen molar-refractivity contribution in [2.24, 2.45) is 5.41 Å². The normalized spacial score (nSPS) is 24.1. The molecular formula is C15H23ClN2O3. The summed E-state index contributed by atoms with van der Waals surface area (Å²) in [5.74, 6) is -0.0426. The molecule has 1 aromatic heterocycles. The summed E-state index contributed by atoms with van der Waals surface area (Å²) in [6.07, 6.45) is 0.736. The van der Waals surface area contributed by atoms with E-state index in [0.29, 0.717) is 18.6 Å².